The van der Waals surface area contributed by atoms with E-state index in [1.807, 2.05) is 79.7 Å². The molecule has 3 aromatic carbocycles. The quantitative estimate of drug-likeness (QED) is 0.103. The Morgan fingerprint density at radius 2 is 1.50 bits per heavy atom. The van der Waals surface area contributed by atoms with Gasteiger partial charge in [0.1, 0.15) is 36.0 Å². The summed E-state index contributed by atoms with van der Waals surface area (Å²) in [5.74, 6) is -1.05. The summed E-state index contributed by atoms with van der Waals surface area (Å²) in [6, 6.07) is 20.6. The highest BCUT2D eigenvalue weighted by Gasteiger charge is 2.69. The lowest BCUT2D eigenvalue weighted by molar-refractivity contribution is -0.140. The maximum absolute atomic E-state index is 16.0. The van der Waals surface area contributed by atoms with E-state index in [0.717, 1.165) is 22.4 Å². The molecule has 0 radical (unpaired) electrons. The predicted octanol–water partition coefficient (Wildman–Crippen LogP) is 8.98. The molecule has 0 aliphatic heterocycles. The van der Waals surface area contributed by atoms with E-state index < -0.39 is 43.4 Å². The zero-order valence-electron chi connectivity index (χ0n) is 35.5. The molecule has 58 heavy (non-hydrogen) atoms. The average molecular weight is 808 g/mol. The first-order chi connectivity index (χ1) is 27.6. The molecule has 1 heterocycles. The van der Waals surface area contributed by atoms with Gasteiger partial charge in [0.05, 0.1) is 24.4 Å². The molecule has 0 saturated heterocycles. The molecule has 3 aliphatic carbocycles. The summed E-state index contributed by atoms with van der Waals surface area (Å²) in [4.78, 5) is 35.8. The minimum Gasteiger partial charge on any atom is -0.507 e. The van der Waals surface area contributed by atoms with Gasteiger partial charge in [0.15, 0.2) is 19.7 Å². The van der Waals surface area contributed by atoms with Crippen LogP contribution in [0.25, 0.3) is 5.76 Å². The van der Waals surface area contributed by atoms with Gasteiger partial charge in [0.2, 0.25) is 11.6 Å². The smallest absolute Gasteiger partial charge is 0.265 e. The van der Waals surface area contributed by atoms with Crippen LogP contribution in [-0.2, 0) is 28.9 Å². The van der Waals surface area contributed by atoms with Crippen molar-refractivity contribution in [3.05, 3.63) is 106 Å². The molecule has 0 unspecified atom stereocenters. The number of fused-ring (bicyclic) bond motifs is 4. The van der Waals surface area contributed by atoms with Crippen LogP contribution in [0.2, 0.25) is 18.1 Å². The van der Waals surface area contributed by atoms with Crippen molar-refractivity contribution in [1.29, 1.82) is 0 Å². The molecule has 1 fully saturated rings. The van der Waals surface area contributed by atoms with Gasteiger partial charge in [-0.15, -0.1) is 0 Å². The van der Waals surface area contributed by atoms with Crippen molar-refractivity contribution in [2.75, 3.05) is 39.2 Å². The number of carbonyl (C=O) groups is 2. The monoisotopic (exact) mass is 807 g/mol. The van der Waals surface area contributed by atoms with E-state index in [-0.39, 0.29) is 41.0 Å². The Balaban J connectivity index is 1.45. The maximum atomic E-state index is 16.0. The minimum atomic E-state index is -2.91. The van der Waals surface area contributed by atoms with E-state index in [2.05, 4.69) is 57.8 Å². The van der Waals surface area contributed by atoms with Crippen molar-refractivity contribution in [3.63, 3.8) is 0 Å². The van der Waals surface area contributed by atoms with Crippen LogP contribution in [0.3, 0.4) is 0 Å². The summed E-state index contributed by atoms with van der Waals surface area (Å²) in [7, 11) is 2.56. The van der Waals surface area contributed by atoms with Crippen LogP contribution in [0, 0.1) is 11.8 Å². The summed E-state index contributed by atoms with van der Waals surface area (Å²) in [5, 5.41) is 16.7. The van der Waals surface area contributed by atoms with E-state index in [9.17, 15) is 5.11 Å². The molecular weight excluding hydrogens is 751 g/mol. The number of methoxy groups -OCH3 is 1. The molecule has 0 amide bonds. The fourth-order valence-corrected chi connectivity index (χ4v) is 10.3. The number of anilines is 1. The minimum absolute atomic E-state index is 0.0158. The van der Waals surface area contributed by atoms with Crippen LogP contribution < -0.4 is 19.1 Å². The summed E-state index contributed by atoms with van der Waals surface area (Å²) in [6.07, 6.45) is 0.754. The number of ketones is 2. The van der Waals surface area contributed by atoms with Crippen LogP contribution in [0.1, 0.15) is 85.5 Å². The van der Waals surface area contributed by atoms with Gasteiger partial charge in [-0.2, -0.15) is 0 Å². The van der Waals surface area contributed by atoms with Gasteiger partial charge in [-0.3, -0.25) is 14.5 Å². The number of rotatable bonds is 13. The Bertz CT molecular complexity index is 2210. The first-order valence-electron chi connectivity index (χ1n) is 20.3. The second kappa shape index (κ2) is 15.7. The zero-order chi connectivity index (χ0) is 41.7. The zero-order valence-corrected chi connectivity index (χ0v) is 36.5. The Morgan fingerprint density at radius 3 is 2.05 bits per heavy atom. The highest BCUT2D eigenvalue weighted by Crippen LogP contribution is 2.60. The second-order valence-electron chi connectivity index (χ2n) is 17.4. The topological polar surface area (TPSA) is 124 Å². The van der Waals surface area contributed by atoms with E-state index in [1.165, 1.54) is 0 Å². The largest absolute Gasteiger partial charge is 0.507 e. The summed E-state index contributed by atoms with van der Waals surface area (Å²) < 4.78 is 32.2. The number of hydrogen-bond donors (Lipinski definition) is 1. The van der Waals surface area contributed by atoms with Crippen LogP contribution in [0.5, 0.6) is 17.4 Å². The molecule has 0 spiro atoms. The Hall–Kier alpha value is -4.91. The molecule has 12 heteroatoms. The third kappa shape index (κ3) is 6.82. The molecule has 0 bridgehead atoms. The second-order valence-corrected chi connectivity index (χ2v) is 22.1. The Morgan fingerprint density at radius 1 is 0.897 bits per heavy atom. The highest BCUT2D eigenvalue weighted by molar-refractivity contribution is 6.74. The van der Waals surface area contributed by atoms with Gasteiger partial charge in [-0.1, -0.05) is 81.4 Å². The molecule has 1 saturated carbocycles. The van der Waals surface area contributed by atoms with Crippen LogP contribution in [0.4, 0.5) is 5.69 Å². The lowest BCUT2D eigenvalue weighted by atomic mass is 9.57. The number of hydrogen-bond acceptors (Lipinski definition) is 11. The number of aliphatic hydroxyl groups excluding tert-OH is 1. The number of ether oxygens (including phenoxy) is 3. The molecule has 1 aromatic heterocycles. The number of carbonyl (C=O) groups excluding carboxylic acids is 2. The van der Waals surface area contributed by atoms with Crippen LogP contribution in [-0.4, -0.2) is 74.9 Å². The predicted molar refractivity (Wildman–Crippen MR) is 226 cm³/mol. The fraction of sp³-hybridized carbons (Fsp3) is 0.457. The van der Waals surface area contributed by atoms with Crippen molar-refractivity contribution in [1.82, 2.24) is 10.1 Å². The maximum Gasteiger partial charge on any atom is 0.265 e. The molecule has 1 N–H and O–H groups in total. The third-order valence-electron chi connectivity index (χ3n) is 12.8. The lowest BCUT2D eigenvalue weighted by Crippen LogP contribution is -2.68. The van der Waals surface area contributed by atoms with Crippen LogP contribution >= 0.6 is 0 Å². The molecule has 11 nitrogen and oxygen atoms in total. The summed E-state index contributed by atoms with van der Waals surface area (Å²) >= 11 is 0. The number of aliphatic hydroxyl groups is 1. The lowest BCUT2D eigenvalue weighted by Gasteiger charge is -2.55. The van der Waals surface area contributed by atoms with E-state index >= 15 is 9.59 Å². The van der Waals surface area contributed by atoms with Gasteiger partial charge in [0, 0.05) is 30.6 Å². The van der Waals surface area contributed by atoms with E-state index in [0.29, 0.717) is 48.8 Å². The molecule has 4 aromatic rings. The van der Waals surface area contributed by atoms with Gasteiger partial charge in [-0.05, 0) is 86.7 Å². The third-order valence-corrected chi connectivity index (χ3v) is 17.2. The average Bonchev–Trinajstić information content (AvgIpc) is 3.61. The van der Waals surface area contributed by atoms with E-state index in [4.69, 9.17) is 23.2 Å². The molecule has 4 atom stereocenters. The first-order valence-corrected chi connectivity index (χ1v) is 23.2. The molecule has 3 aliphatic rings. The molecule has 308 valence electrons. The van der Waals surface area contributed by atoms with Gasteiger partial charge >= 0.3 is 0 Å². The number of Topliss-reactive ketones (excluding diaryl/α,β-unsaturated/α-hetero) is 2. The van der Waals surface area contributed by atoms with E-state index in [1.54, 1.807) is 13.2 Å². The first kappa shape index (κ1) is 41.3. The van der Waals surface area contributed by atoms with Crippen molar-refractivity contribution < 1.29 is 37.9 Å². The number of benzene rings is 3. The fourth-order valence-electron chi connectivity index (χ4n) is 8.87. The summed E-state index contributed by atoms with van der Waals surface area (Å²) in [5.41, 5.74) is 2.23. The normalized spacial score (nSPS) is 21.6. The van der Waals surface area contributed by atoms with Gasteiger partial charge in [-0.25, -0.2) is 0 Å². The van der Waals surface area contributed by atoms with Gasteiger partial charge < -0.3 is 33.2 Å². The van der Waals surface area contributed by atoms with Crippen molar-refractivity contribution in [3.8, 4) is 17.4 Å². The van der Waals surface area contributed by atoms with Crippen LogP contribution in [0.15, 0.2) is 76.8 Å². The molecule has 7 rings (SSSR count). The van der Waals surface area contributed by atoms with Crippen molar-refractivity contribution in [2.45, 2.75) is 90.4 Å². The van der Waals surface area contributed by atoms with Gasteiger partial charge in [0.25, 0.3) is 5.88 Å². The summed E-state index contributed by atoms with van der Waals surface area (Å²) in [6.45, 7) is 16.3. The van der Waals surface area contributed by atoms with Crippen molar-refractivity contribution in [2.24, 2.45) is 11.8 Å². The highest BCUT2D eigenvalue weighted by atomic mass is 28.4. The van der Waals surface area contributed by atoms with Crippen molar-refractivity contribution >= 4 is 31.3 Å². The number of nitrogens with zero attached hydrogens (tertiary/aromatic N) is 3. The molecular formula is C46H57N3O8Si. The Labute approximate surface area is 343 Å². The number of aromatic nitrogens is 1. The standard InChI is InChI=1S/C46H57N3O8Si/c1-11-49(12-2)38-31-23-30-24-32-39(48(6)7)41-37(44(47-56-41)55-27-29-21-17-14-18-22-29)43(52)46(32,57-58(9,10)45(3,4)5)42(51)35(30)40(50)36(31)33(25-34(38)53-8)54-26-28-19-15-13-16-20-28/h13-22,25,30,32,39,50H,11-12,23-24,26-27H2,1-10H3/t30-,32-,39-,46-/m0/s1. The Kier molecular flexibility index (Phi) is 11.2. The SMILES string of the molecule is CCN(CC)c1c(OC)cc(OCc2ccccc2)c2c1C[C@H]1C[C@H]3[C@H](N(C)C)c4onc(OCc5ccccc5)c4C(=O)[C@@]3(O[Si](C)(C)C(C)(C)C)C(=O)C1=C2O.